The largest absolute Gasteiger partial charge is 0.469 e. The summed E-state index contributed by atoms with van der Waals surface area (Å²) in [6.07, 6.45) is 1.45. The highest BCUT2D eigenvalue weighted by molar-refractivity contribution is 5.68. The van der Waals surface area contributed by atoms with Crippen LogP contribution in [0.5, 0.6) is 0 Å². The van der Waals surface area contributed by atoms with Gasteiger partial charge < -0.3 is 9.22 Å². The summed E-state index contributed by atoms with van der Waals surface area (Å²) in [5.41, 5.74) is 0. The van der Waals surface area contributed by atoms with Crippen LogP contribution < -0.4 is 0 Å². The average molecular weight is 174 g/mol. The van der Waals surface area contributed by atoms with Gasteiger partial charge in [-0.15, -0.1) is 0 Å². The van der Waals surface area contributed by atoms with Gasteiger partial charge in [0.15, 0.2) is 0 Å². The maximum atomic E-state index is 10.8. The van der Waals surface area contributed by atoms with Crippen molar-refractivity contribution in [2.24, 2.45) is 0 Å². The molecule has 0 rings (SSSR count). The lowest BCUT2D eigenvalue weighted by Crippen LogP contribution is -2.40. The van der Waals surface area contributed by atoms with Gasteiger partial charge in [-0.1, -0.05) is 0 Å². The minimum atomic E-state index is -0.105. The molecule has 0 amide bonds. The van der Waals surface area contributed by atoms with Crippen molar-refractivity contribution in [1.82, 2.24) is 0 Å². The van der Waals surface area contributed by atoms with Crippen molar-refractivity contribution in [3.8, 4) is 0 Å². The molecule has 72 valence electrons. The van der Waals surface area contributed by atoms with E-state index < -0.39 is 0 Å². The zero-order valence-electron chi connectivity index (χ0n) is 8.59. The quantitative estimate of drug-likeness (QED) is 0.460. The van der Waals surface area contributed by atoms with Gasteiger partial charge >= 0.3 is 5.97 Å². The van der Waals surface area contributed by atoms with Crippen LogP contribution >= 0.6 is 0 Å². The molecular formula is C9H20NO2+. The van der Waals surface area contributed by atoms with E-state index in [2.05, 4.69) is 25.8 Å². The van der Waals surface area contributed by atoms with E-state index in [-0.39, 0.29) is 5.97 Å². The first-order chi connectivity index (χ1) is 5.52. The number of methoxy groups -OCH3 is 1. The van der Waals surface area contributed by atoms with Crippen LogP contribution in [0, 0.1) is 0 Å². The highest BCUT2D eigenvalue weighted by atomic mass is 16.5. The number of ether oxygens (including phenoxy) is 1. The maximum absolute atomic E-state index is 10.8. The third-order valence-corrected chi connectivity index (χ3v) is 2.23. The lowest BCUT2D eigenvalue weighted by atomic mass is 10.3. The van der Waals surface area contributed by atoms with Crippen molar-refractivity contribution in [2.75, 3.05) is 34.3 Å². The molecule has 0 aromatic carbocycles. The third-order valence-electron chi connectivity index (χ3n) is 2.23. The van der Waals surface area contributed by atoms with E-state index in [9.17, 15) is 4.79 Å². The Morgan fingerprint density at radius 3 is 2.42 bits per heavy atom. The molecule has 0 unspecified atom stereocenters. The van der Waals surface area contributed by atoms with Crippen molar-refractivity contribution in [2.45, 2.75) is 19.8 Å². The van der Waals surface area contributed by atoms with E-state index >= 15 is 0 Å². The van der Waals surface area contributed by atoms with Crippen molar-refractivity contribution in [1.29, 1.82) is 0 Å². The van der Waals surface area contributed by atoms with Gasteiger partial charge in [0, 0.05) is 6.42 Å². The van der Waals surface area contributed by atoms with Crippen LogP contribution in [0.15, 0.2) is 0 Å². The Balaban J connectivity index is 3.49. The van der Waals surface area contributed by atoms with Crippen molar-refractivity contribution in [3.05, 3.63) is 0 Å². The van der Waals surface area contributed by atoms with E-state index in [0.29, 0.717) is 6.42 Å². The van der Waals surface area contributed by atoms with Crippen LogP contribution in [-0.4, -0.2) is 44.7 Å². The number of esters is 1. The van der Waals surface area contributed by atoms with Crippen molar-refractivity contribution in [3.63, 3.8) is 0 Å². The van der Waals surface area contributed by atoms with Crippen LogP contribution in [0.25, 0.3) is 0 Å². The second kappa shape index (κ2) is 5.14. The molecule has 0 saturated carbocycles. The smallest absolute Gasteiger partial charge is 0.305 e. The Hall–Kier alpha value is -0.570. The number of quaternary nitrogens is 1. The van der Waals surface area contributed by atoms with Crippen LogP contribution in [0.4, 0.5) is 0 Å². The lowest BCUT2D eigenvalue weighted by molar-refractivity contribution is -0.888. The van der Waals surface area contributed by atoms with Gasteiger partial charge in [-0.25, -0.2) is 0 Å². The predicted octanol–water partition coefficient (Wildman–Crippen LogP) is 1.04. The van der Waals surface area contributed by atoms with Gasteiger partial charge in [0.05, 0.1) is 40.7 Å². The van der Waals surface area contributed by atoms with Gasteiger partial charge in [0.25, 0.3) is 0 Å². The monoisotopic (exact) mass is 174 g/mol. The number of nitrogens with zero attached hydrogens (tertiary/aromatic N) is 1. The Bertz CT molecular complexity index is 143. The molecule has 0 aromatic rings. The normalized spacial score (nSPS) is 11.3. The van der Waals surface area contributed by atoms with Gasteiger partial charge in [-0.2, -0.15) is 0 Å². The minimum Gasteiger partial charge on any atom is -0.469 e. The van der Waals surface area contributed by atoms with Gasteiger partial charge in [-0.05, 0) is 6.92 Å². The molecule has 0 saturated heterocycles. The van der Waals surface area contributed by atoms with Crippen molar-refractivity contribution >= 4 is 5.97 Å². The molecule has 0 fully saturated rings. The Morgan fingerprint density at radius 1 is 1.42 bits per heavy atom. The zero-order chi connectivity index (χ0) is 9.61. The van der Waals surface area contributed by atoms with Gasteiger partial charge in [0.2, 0.25) is 0 Å². The summed E-state index contributed by atoms with van der Waals surface area (Å²) in [7, 11) is 5.76. The Labute approximate surface area is 74.9 Å². The minimum absolute atomic E-state index is 0.105. The van der Waals surface area contributed by atoms with Crippen LogP contribution in [0.1, 0.15) is 19.8 Å². The summed E-state index contributed by atoms with van der Waals surface area (Å²) >= 11 is 0. The SMILES string of the molecule is CC[N+](C)(C)CCCC(=O)OC. The summed E-state index contributed by atoms with van der Waals surface area (Å²) in [5, 5.41) is 0. The molecule has 0 aliphatic carbocycles. The number of hydrogen-bond donors (Lipinski definition) is 0. The predicted molar refractivity (Wildman–Crippen MR) is 48.8 cm³/mol. The molecule has 0 N–H and O–H groups in total. The van der Waals surface area contributed by atoms with E-state index in [1.165, 1.54) is 7.11 Å². The topological polar surface area (TPSA) is 26.3 Å². The second-order valence-electron chi connectivity index (χ2n) is 3.66. The van der Waals surface area contributed by atoms with E-state index in [1.54, 1.807) is 0 Å². The van der Waals surface area contributed by atoms with E-state index in [4.69, 9.17) is 0 Å². The summed E-state index contributed by atoms with van der Waals surface area (Å²) in [4.78, 5) is 10.8. The first-order valence-corrected chi connectivity index (χ1v) is 4.40. The molecular weight excluding hydrogens is 154 g/mol. The number of rotatable bonds is 5. The van der Waals surface area contributed by atoms with Crippen LogP contribution in [-0.2, 0) is 9.53 Å². The molecule has 3 heteroatoms. The summed E-state index contributed by atoms with van der Waals surface area (Å²) in [6.45, 7) is 4.28. The molecule has 0 aliphatic heterocycles. The Morgan fingerprint density at radius 2 is 2.00 bits per heavy atom. The molecule has 0 bridgehead atoms. The standard InChI is InChI=1S/C9H20NO2/c1-5-10(2,3)8-6-7-9(11)12-4/h5-8H2,1-4H3/q+1. The molecule has 0 aromatic heterocycles. The van der Waals surface area contributed by atoms with E-state index in [1.807, 2.05) is 0 Å². The molecule has 0 radical (unpaired) electrons. The highest BCUT2D eigenvalue weighted by Crippen LogP contribution is 2.01. The van der Waals surface area contributed by atoms with Gasteiger partial charge in [-0.3, -0.25) is 4.79 Å². The fraction of sp³-hybridized carbons (Fsp3) is 0.889. The zero-order valence-corrected chi connectivity index (χ0v) is 8.59. The van der Waals surface area contributed by atoms with Gasteiger partial charge in [0.1, 0.15) is 0 Å². The summed E-state index contributed by atoms with van der Waals surface area (Å²) < 4.78 is 5.52. The molecule has 3 nitrogen and oxygen atoms in total. The fourth-order valence-corrected chi connectivity index (χ4v) is 0.912. The number of carbonyl (C=O) groups excluding carboxylic acids is 1. The molecule has 0 spiro atoms. The van der Waals surface area contributed by atoms with Crippen LogP contribution in [0.3, 0.4) is 0 Å². The van der Waals surface area contributed by atoms with E-state index in [0.717, 1.165) is 24.0 Å². The fourth-order valence-electron chi connectivity index (χ4n) is 0.912. The molecule has 0 atom stereocenters. The first kappa shape index (κ1) is 11.4. The average Bonchev–Trinajstić information content (AvgIpc) is 2.04. The third kappa shape index (κ3) is 5.13. The lowest BCUT2D eigenvalue weighted by Gasteiger charge is -2.27. The maximum Gasteiger partial charge on any atom is 0.305 e. The molecule has 0 heterocycles. The van der Waals surface area contributed by atoms with Crippen molar-refractivity contribution < 1.29 is 14.0 Å². The summed E-state index contributed by atoms with van der Waals surface area (Å²) in [6, 6.07) is 0. The van der Waals surface area contributed by atoms with Crippen LogP contribution in [0.2, 0.25) is 0 Å². The Kier molecular flexibility index (Phi) is 4.90. The molecule has 0 aliphatic rings. The summed E-state index contributed by atoms with van der Waals surface area (Å²) in [5.74, 6) is -0.105. The highest BCUT2D eigenvalue weighted by Gasteiger charge is 2.12. The number of hydrogen-bond acceptors (Lipinski definition) is 2. The number of carbonyl (C=O) groups is 1. The molecule has 12 heavy (non-hydrogen) atoms. The second-order valence-corrected chi connectivity index (χ2v) is 3.66. The first-order valence-electron chi connectivity index (χ1n) is 4.40.